The fraction of sp³-hybridized carbons (Fsp3) is 0.850. The van der Waals surface area contributed by atoms with E-state index in [0.29, 0.717) is 45.8 Å². The Labute approximate surface area is 163 Å². The van der Waals surface area contributed by atoms with Crippen LogP contribution in [0, 0.1) is 5.92 Å². The average Bonchev–Trinajstić information content (AvgIpc) is 2.68. The fourth-order valence-electron chi connectivity index (χ4n) is 2.82. The first-order valence-electron chi connectivity index (χ1n) is 10.2. The third-order valence-electron chi connectivity index (χ3n) is 4.40. The van der Waals surface area contributed by atoms with Gasteiger partial charge in [-0.3, -0.25) is 14.4 Å². The van der Waals surface area contributed by atoms with E-state index in [9.17, 15) is 14.4 Å². The van der Waals surface area contributed by atoms with E-state index in [2.05, 4.69) is 10.6 Å². The molecule has 1 aliphatic rings. The van der Waals surface area contributed by atoms with E-state index in [1.54, 1.807) is 13.8 Å². The van der Waals surface area contributed by atoms with Crippen LogP contribution in [0.5, 0.6) is 0 Å². The maximum Gasteiger partial charge on any atom is 0.222 e. The lowest BCUT2D eigenvalue weighted by Crippen LogP contribution is -2.38. The Hall–Kier alpha value is -1.47. The highest BCUT2D eigenvalue weighted by atomic mass is 16.5. The Bertz CT molecular complexity index is 421. The van der Waals surface area contributed by atoms with E-state index >= 15 is 0 Å². The number of nitrogens with one attached hydrogen (secondary N) is 2. The Morgan fingerprint density at radius 2 is 1.48 bits per heavy atom. The van der Waals surface area contributed by atoms with Gasteiger partial charge in [0.05, 0.1) is 26.4 Å². The molecule has 2 N–H and O–H groups in total. The predicted octanol–water partition coefficient (Wildman–Crippen LogP) is 2.23. The highest BCUT2D eigenvalue weighted by Gasteiger charge is 2.24. The molecule has 7 nitrogen and oxygen atoms in total. The predicted molar refractivity (Wildman–Crippen MR) is 105 cm³/mol. The van der Waals surface area contributed by atoms with E-state index < -0.39 is 0 Å². The van der Waals surface area contributed by atoms with Gasteiger partial charge in [-0.2, -0.15) is 0 Å². The quantitative estimate of drug-likeness (QED) is 0.502. The summed E-state index contributed by atoms with van der Waals surface area (Å²) in [6, 6.07) is 0.185. The van der Waals surface area contributed by atoms with Crippen molar-refractivity contribution in [3.63, 3.8) is 0 Å². The summed E-state index contributed by atoms with van der Waals surface area (Å²) in [7, 11) is 0. The number of rotatable bonds is 12. The molecule has 0 saturated heterocycles. The van der Waals surface area contributed by atoms with Gasteiger partial charge in [-0.1, -0.05) is 20.8 Å². The second kappa shape index (κ2) is 16.7. The first kappa shape index (κ1) is 25.5. The standard InChI is InChI=1S/C18H32N2O5.C2H6/c1-3-17(22)19-9-11-25-13-12-24-10-8-18(23)20-16-6-4-15(5-7-16)14(2)21;1-2/h15-16H,3-13H2,1-2H3,(H,19,22)(H,20,23);1-2H3. The van der Waals surface area contributed by atoms with Crippen LogP contribution >= 0.6 is 0 Å². The third kappa shape index (κ3) is 13.4. The smallest absolute Gasteiger partial charge is 0.222 e. The summed E-state index contributed by atoms with van der Waals surface area (Å²) in [5, 5.41) is 5.73. The van der Waals surface area contributed by atoms with Crippen LogP contribution in [-0.4, -0.2) is 56.6 Å². The van der Waals surface area contributed by atoms with Crippen molar-refractivity contribution in [3.8, 4) is 0 Å². The zero-order valence-corrected chi connectivity index (χ0v) is 17.5. The molecule has 158 valence electrons. The number of hydrogen-bond acceptors (Lipinski definition) is 5. The molecule has 1 aliphatic carbocycles. The number of Topliss-reactive ketones (excluding diaryl/α,β-unsaturated/α-hetero) is 1. The van der Waals surface area contributed by atoms with Gasteiger partial charge in [0.15, 0.2) is 0 Å². The molecule has 1 saturated carbocycles. The monoisotopic (exact) mass is 386 g/mol. The van der Waals surface area contributed by atoms with E-state index in [1.165, 1.54) is 0 Å². The van der Waals surface area contributed by atoms with Crippen molar-refractivity contribution in [2.45, 2.75) is 72.3 Å². The van der Waals surface area contributed by atoms with Gasteiger partial charge < -0.3 is 20.1 Å². The molecule has 0 aromatic heterocycles. The molecule has 27 heavy (non-hydrogen) atoms. The Kier molecular flexibility index (Phi) is 15.8. The number of ketones is 1. The number of hydrogen-bond donors (Lipinski definition) is 2. The molecule has 7 heteroatoms. The van der Waals surface area contributed by atoms with Crippen molar-refractivity contribution >= 4 is 17.6 Å². The molecule has 0 heterocycles. The molecule has 0 spiro atoms. The van der Waals surface area contributed by atoms with Gasteiger partial charge in [0.1, 0.15) is 5.78 Å². The van der Waals surface area contributed by atoms with Gasteiger partial charge >= 0.3 is 0 Å². The van der Waals surface area contributed by atoms with Crippen LogP contribution in [0.1, 0.15) is 66.2 Å². The molecule has 1 fully saturated rings. The summed E-state index contributed by atoms with van der Waals surface area (Å²) in [4.78, 5) is 34.2. The van der Waals surface area contributed by atoms with Crippen molar-refractivity contribution in [3.05, 3.63) is 0 Å². The molecule has 2 amide bonds. The van der Waals surface area contributed by atoms with Gasteiger partial charge in [0.25, 0.3) is 0 Å². The van der Waals surface area contributed by atoms with E-state index in [1.807, 2.05) is 13.8 Å². The van der Waals surface area contributed by atoms with Gasteiger partial charge in [0.2, 0.25) is 11.8 Å². The van der Waals surface area contributed by atoms with Gasteiger partial charge in [-0.25, -0.2) is 0 Å². The summed E-state index contributed by atoms with van der Waals surface area (Å²) >= 11 is 0. The van der Waals surface area contributed by atoms with E-state index in [-0.39, 0.29) is 29.6 Å². The zero-order valence-electron chi connectivity index (χ0n) is 17.5. The minimum Gasteiger partial charge on any atom is -0.379 e. The molecular weight excluding hydrogens is 348 g/mol. The zero-order chi connectivity index (χ0) is 20.5. The Morgan fingerprint density at radius 3 is 2.04 bits per heavy atom. The third-order valence-corrected chi connectivity index (χ3v) is 4.40. The van der Waals surface area contributed by atoms with Crippen molar-refractivity contribution in [1.29, 1.82) is 0 Å². The van der Waals surface area contributed by atoms with Crippen molar-refractivity contribution < 1.29 is 23.9 Å². The maximum atomic E-state index is 11.9. The van der Waals surface area contributed by atoms with Gasteiger partial charge in [-0.15, -0.1) is 0 Å². The Balaban J connectivity index is 0.00000326. The molecule has 0 bridgehead atoms. The van der Waals surface area contributed by atoms with Gasteiger partial charge in [0, 0.05) is 31.3 Å². The first-order valence-corrected chi connectivity index (χ1v) is 10.2. The highest BCUT2D eigenvalue weighted by molar-refractivity contribution is 5.78. The fourth-order valence-corrected chi connectivity index (χ4v) is 2.82. The van der Waals surface area contributed by atoms with Crippen molar-refractivity contribution in [1.82, 2.24) is 10.6 Å². The highest BCUT2D eigenvalue weighted by Crippen LogP contribution is 2.24. The SMILES string of the molecule is CC.CCC(=O)NCCOCCOCCC(=O)NC1CCC(C(C)=O)CC1. The minimum absolute atomic E-state index is 0.00512. The van der Waals surface area contributed by atoms with E-state index in [0.717, 1.165) is 25.7 Å². The topological polar surface area (TPSA) is 93.7 Å². The molecule has 0 aliphatic heterocycles. The molecule has 0 aromatic rings. The summed E-state index contributed by atoms with van der Waals surface area (Å²) in [5.41, 5.74) is 0. The summed E-state index contributed by atoms with van der Waals surface area (Å²) in [5.74, 6) is 0.440. The molecule has 0 radical (unpaired) electrons. The number of ether oxygens (including phenoxy) is 2. The largest absolute Gasteiger partial charge is 0.379 e. The second-order valence-corrected chi connectivity index (χ2v) is 6.40. The Morgan fingerprint density at radius 1 is 0.889 bits per heavy atom. The van der Waals surface area contributed by atoms with Crippen LogP contribution in [0.3, 0.4) is 0 Å². The lowest BCUT2D eigenvalue weighted by atomic mass is 9.84. The number of amides is 2. The summed E-state index contributed by atoms with van der Waals surface area (Å²) in [6.07, 6.45) is 4.29. The van der Waals surface area contributed by atoms with Crippen LogP contribution in [-0.2, 0) is 23.9 Å². The number of carbonyl (C=O) groups is 3. The van der Waals surface area contributed by atoms with Crippen LogP contribution in [0.25, 0.3) is 0 Å². The van der Waals surface area contributed by atoms with Crippen LogP contribution in [0.4, 0.5) is 0 Å². The normalized spacial score (nSPS) is 18.8. The van der Waals surface area contributed by atoms with E-state index in [4.69, 9.17) is 9.47 Å². The maximum absolute atomic E-state index is 11.9. The van der Waals surface area contributed by atoms with Crippen LogP contribution < -0.4 is 10.6 Å². The first-order chi connectivity index (χ1) is 13.0. The molecule has 0 aromatic carbocycles. The lowest BCUT2D eigenvalue weighted by Gasteiger charge is -2.27. The molecule has 0 atom stereocenters. The molecule has 1 rings (SSSR count). The second-order valence-electron chi connectivity index (χ2n) is 6.40. The van der Waals surface area contributed by atoms with Crippen LogP contribution in [0.2, 0.25) is 0 Å². The lowest BCUT2D eigenvalue weighted by molar-refractivity contribution is -0.123. The van der Waals surface area contributed by atoms with Crippen LogP contribution in [0.15, 0.2) is 0 Å². The number of carbonyl (C=O) groups excluding carboxylic acids is 3. The van der Waals surface area contributed by atoms with Crippen molar-refractivity contribution in [2.75, 3.05) is 33.0 Å². The average molecular weight is 387 g/mol. The van der Waals surface area contributed by atoms with Crippen molar-refractivity contribution in [2.24, 2.45) is 5.92 Å². The summed E-state index contributed by atoms with van der Waals surface area (Å²) in [6.45, 7) is 9.64. The molecular formula is C20H38N2O5. The van der Waals surface area contributed by atoms with Gasteiger partial charge in [-0.05, 0) is 32.6 Å². The molecule has 0 unspecified atom stereocenters. The minimum atomic E-state index is -0.00512. The summed E-state index contributed by atoms with van der Waals surface area (Å²) < 4.78 is 10.7.